The molecular formula is C28H25NO4. The van der Waals surface area contributed by atoms with Crippen molar-refractivity contribution >= 4 is 22.6 Å². The van der Waals surface area contributed by atoms with E-state index in [1.807, 2.05) is 74.5 Å². The Kier molecular flexibility index (Phi) is 5.25. The highest BCUT2D eigenvalue weighted by Crippen LogP contribution is 2.41. The van der Waals surface area contributed by atoms with Crippen LogP contribution in [-0.4, -0.2) is 12.5 Å². The highest BCUT2D eigenvalue weighted by Gasteiger charge is 2.43. The fraction of sp³-hybridized carbons (Fsp3) is 0.214. The summed E-state index contributed by atoms with van der Waals surface area (Å²) in [7, 11) is 0. The minimum atomic E-state index is -0.586. The fourth-order valence-electron chi connectivity index (χ4n) is 4.47. The van der Waals surface area contributed by atoms with Crippen molar-refractivity contribution in [3.63, 3.8) is 0 Å². The van der Waals surface area contributed by atoms with Crippen LogP contribution in [0.1, 0.15) is 52.7 Å². The van der Waals surface area contributed by atoms with Crippen LogP contribution in [0.3, 0.4) is 0 Å². The van der Waals surface area contributed by atoms with E-state index in [0.29, 0.717) is 23.1 Å². The lowest BCUT2D eigenvalue weighted by Gasteiger charge is -2.25. The molecule has 0 bridgehead atoms. The van der Waals surface area contributed by atoms with Crippen molar-refractivity contribution in [1.29, 1.82) is 0 Å². The third kappa shape index (κ3) is 3.50. The number of ether oxygens (including phenoxy) is 1. The average molecular weight is 440 g/mol. The van der Waals surface area contributed by atoms with Gasteiger partial charge in [-0.05, 0) is 67.8 Å². The molecule has 1 amide bonds. The summed E-state index contributed by atoms with van der Waals surface area (Å²) < 4.78 is 11.6. The van der Waals surface area contributed by atoms with E-state index in [1.165, 1.54) is 5.56 Å². The molecular weight excluding hydrogens is 414 g/mol. The van der Waals surface area contributed by atoms with Gasteiger partial charge in [0.1, 0.15) is 11.3 Å². The topological polar surface area (TPSA) is 59.8 Å². The first kappa shape index (κ1) is 21.0. The Hall–Kier alpha value is -3.86. The molecule has 1 aliphatic heterocycles. The van der Waals surface area contributed by atoms with Crippen LogP contribution in [0.15, 0.2) is 75.9 Å². The molecule has 4 aromatic rings. The number of nitrogens with zero attached hydrogens (tertiary/aromatic N) is 1. The van der Waals surface area contributed by atoms with Gasteiger partial charge in [-0.25, -0.2) is 0 Å². The van der Waals surface area contributed by atoms with Crippen LogP contribution in [0.2, 0.25) is 0 Å². The average Bonchev–Trinajstić information content (AvgIpc) is 3.13. The van der Waals surface area contributed by atoms with Crippen LogP contribution in [0.5, 0.6) is 5.75 Å². The predicted molar refractivity (Wildman–Crippen MR) is 129 cm³/mol. The Labute approximate surface area is 192 Å². The summed E-state index contributed by atoms with van der Waals surface area (Å²) >= 11 is 0. The molecule has 166 valence electrons. The summed E-state index contributed by atoms with van der Waals surface area (Å²) in [4.78, 5) is 29.0. The number of rotatable bonds is 5. The fourth-order valence-corrected chi connectivity index (χ4v) is 4.47. The van der Waals surface area contributed by atoms with Crippen LogP contribution < -0.4 is 15.1 Å². The lowest BCUT2D eigenvalue weighted by molar-refractivity contribution is 0.0971. The standard InChI is InChI=1S/C28H25NO4/c1-4-18-7-11-20(12-8-18)29-25(19-9-13-21(14-10-19)32-5-2)24-26(30)22-16-17(3)6-15-23(22)33-27(24)28(29)31/h6-16,25H,4-5H2,1-3H3. The van der Waals surface area contributed by atoms with Gasteiger partial charge in [-0.2, -0.15) is 0 Å². The van der Waals surface area contributed by atoms with E-state index in [9.17, 15) is 9.59 Å². The quantitative estimate of drug-likeness (QED) is 0.394. The zero-order chi connectivity index (χ0) is 23.1. The molecule has 0 saturated carbocycles. The second kappa shape index (κ2) is 8.24. The number of hydrogen-bond acceptors (Lipinski definition) is 4. The molecule has 0 spiro atoms. The Morgan fingerprint density at radius 1 is 0.939 bits per heavy atom. The first-order valence-electron chi connectivity index (χ1n) is 11.2. The largest absolute Gasteiger partial charge is 0.494 e. The molecule has 0 saturated heterocycles. The molecule has 1 aliphatic rings. The lowest BCUT2D eigenvalue weighted by atomic mass is 9.97. The maximum absolute atomic E-state index is 13.7. The molecule has 0 fully saturated rings. The first-order chi connectivity index (χ1) is 16.0. The summed E-state index contributed by atoms with van der Waals surface area (Å²) in [5, 5.41) is 0.487. The maximum atomic E-state index is 13.7. The van der Waals surface area contributed by atoms with E-state index in [2.05, 4.69) is 6.92 Å². The van der Waals surface area contributed by atoms with E-state index in [0.717, 1.165) is 29.0 Å². The minimum Gasteiger partial charge on any atom is -0.494 e. The molecule has 5 rings (SSSR count). The van der Waals surface area contributed by atoms with Crippen LogP contribution in [0.4, 0.5) is 5.69 Å². The number of aryl methyl sites for hydroxylation is 2. The molecule has 1 atom stereocenters. The van der Waals surface area contributed by atoms with Crippen molar-refractivity contribution in [1.82, 2.24) is 0 Å². The normalized spacial score (nSPS) is 15.2. The van der Waals surface area contributed by atoms with Crippen molar-refractivity contribution in [3.8, 4) is 5.75 Å². The van der Waals surface area contributed by atoms with E-state index < -0.39 is 6.04 Å². The van der Waals surface area contributed by atoms with Crippen LogP contribution in [0, 0.1) is 6.92 Å². The lowest BCUT2D eigenvalue weighted by Crippen LogP contribution is -2.29. The molecule has 0 radical (unpaired) electrons. The van der Waals surface area contributed by atoms with Gasteiger partial charge in [-0.3, -0.25) is 14.5 Å². The Balaban J connectivity index is 1.74. The highest BCUT2D eigenvalue weighted by molar-refractivity contribution is 6.10. The summed E-state index contributed by atoms with van der Waals surface area (Å²) in [6, 6.07) is 20.3. The Morgan fingerprint density at radius 2 is 1.67 bits per heavy atom. The van der Waals surface area contributed by atoms with Crippen molar-refractivity contribution < 1.29 is 13.9 Å². The summed E-state index contributed by atoms with van der Waals surface area (Å²) in [6.45, 7) is 6.52. The van der Waals surface area contributed by atoms with Gasteiger partial charge in [0.25, 0.3) is 5.91 Å². The summed E-state index contributed by atoms with van der Waals surface area (Å²) in [5.74, 6) is 0.535. The van der Waals surface area contributed by atoms with Crippen LogP contribution in [-0.2, 0) is 6.42 Å². The number of carbonyl (C=O) groups is 1. The third-order valence-corrected chi connectivity index (χ3v) is 6.16. The number of hydrogen-bond donors (Lipinski definition) is 0. The van der Waals surface area contributed by atoms with Gasteiger partial charge in [0.05, 0.1) is 23.6 Å². The van der Waals surface area contributed by atoms with E-state index >= 15 is 0 Å². The van der Waals surface area contributed by atoms with Crippen LogP contribution >= 0.6 is 0 Å². The van der Waals surface area contributed by atoms with Gasteiger partial charge in [0, 0.05) is 5.69 Å². The molecule has 33 heavy (non-hydrogen) atoms. The van der Waals surface area contributed by atoms with Gasteiger partial charge in [0.15, 0.2) is 5.43 Å². The molecule has 5 heteroatoms. The van der Waals surface area contributed by atoms with Crippen molar-refractivity contribution in [2.75, 3.05) is 11.5 Å². The molecule has 5 nitrogen and oxygen atoms in total. The molecule has 1 aromatic heterocycles. The van der Waals surface area contributed by atoms with Crippen molar-refractivity contribution in [3.05, 3.63) is 105 Å². The van der Waals surface area contributed by atoms with E-state index in [4.69, 9.17) is 9.15 Å². The Morgan fingerprint density at radius 3 is 2.33 bits per heavy atom. The van der Waals surface area contributed by atoms with E-state index in [1.54, 1.807) is 11.0 Å². The maximum Gasteiger partial charge on any atom is 0.295 e. The predicted octanol–water partition coefficient (Wildman–Crippen LogP) is 5.81. The Bertz CT molecular complexity index is 1400. The summed E-state index contributed by atoms with van der Waals surface area (Å²) in [5.41, 5.74) is 4.31. The van der Waals surface area contributed by atoms with Gasteiger partial charge in [0.2, 0.25) is 5.76 Å². The van der Waals surface area contributed by atoms with E-state index in [-0.39, 0.29) is 17.1 Å². The molecule has 3 aromatic carbocycles. The number of carbonyl (C=O) groups excluding carboxylic acids is 1. The zero-order valence-electron chi connectivity index (χ0n) is 18.9. The third-order valence-electron chi connectivity index (χ3n) is 6.16. The summed E-state index contributed by atoms with van der Waals surface area (Å²) in [6.07, 6.45) is 0.904. The second-order valence-electron chi connectivity index (χ2n) is 8.27. The first-order valence-corrected chi connectivity index (χ1v) is 11.2. The van der Waals surface area contributed by atoms with Crippen LogP contribution in [0.25, 0.3) is 11.0 Å². The SMILES string of the molecule is CCOc1ccc(C2c3c(oc4ccc(C)cc4c3=O)C(=O)N2c2ccc(CC)cc2)cc1. The number of fused-ring (bicyclic) bond motifs is 2. The van der Waals surface area contributed by atoms with Crippen molar-refractivity contribution in [2.24, 2.45) is 0 Å². The number of anilines is 1. The van der Waals surface area contributed by atoms with Crippen molar-refractivity contribution in [2.45, 2.75) is 33.2 Å². The molecule has 2 heterocycles. The molecule has 0 N–H and O–H groups in total. The van der Waals surface area contributed by atoms with Gasteiger partial charge in [-0.1, -0.05) is 42.8 Å². The molecule has 0 aliphatic carbocycles. The number of amides is 1. The van der Waals surface area contributed by atoms with Gasteiger partial charge in [-0.15, -0.1) is 0 Å². The number of benzene rings is 3. The minimum absolute atomic E-state index is 0.106. The monoisotopic (exact) mass is 439 g/mol. The molecule has 1 unspecified atom stereocenters. The van der Waals surface area contributed by atoms with Gasteiger partial charge < -0.3 is 9.15 Å². The highest BCUT2D eigenvalue weighted by atomic mass is 16.5. The smallest absolute Gasteiger partial charge is 0.295 e. The zero-order valence-corrected chi connectivity index (χ0v) is 18.9. The second-order valence-corrected chi connectivity index (χ2v) is 8.27. The van der Waals surface area contributed by atoms with Gasteiger partial charge >= 0.3 is 0 Å².